The lowest BCUT2D eigenvalue weighted by atomic mass is 10.1. The fourth-order valence-corrected chi connectivity index (χ4v) is 5.18. The van der Waals surface area contributed by atoms with E-state index in [0.717, 1.165) is 51.4 Å². The van der Waals surface area contributed by atoms with Gasteiger partial charge in [0.1, 0.15) is 13.2 Å². The molecule has 8 nitrogen and oxygen atoms in total. The average molecular weight is 643 g/mol. The summed E-state index contributed by atoms with van der Waals surface area (Å²) in [5.74, 6) is -0.230. The highest BCUT2D eigenvalue weighted by Gasteiger charge is 2.23. The number of carbonyl (C=O) groups excluding carboxylic acids is 1. The van der Waals surface area contributed by atoms with Gasteiger partial charge in [-0.1, -0.05) is 102 Å². The third kappa shape index (κ3) is 29.4. The number of carbonyl (C=O) groups is 1. The topological polar surface area (TPSA) is 108 Å². The summed E-state index contributed by atoms with van der Waals surface area (Å²) in [4.78, 5) is 25.0. The molecule has 0 aromatic heterocycles. The first-order valence-corrected chi connectivity index (χ1v) is 18.8. The maximum Gasteiger partial charge on any atom is 0.268 e. The largest absolute Gasteiger partial charge is 0.756 e. The van der Waals surface area contributed by atoms with Crippen molar-refractivity contribution in [1.82, 2.24) is 5.32 Å². The summed E-state index contributed by atoms with van der Waals surface area (Å²) in [6.07, 6.45) is 30.5. The minimum atomic E-state index is -4.58. The standard InChI is InChI=1S/C35H67N2O6P/c1-6-8-10-12-14-16-17-18-19-21-23-25-27-29-35(39)36-33(32-43-44(40,41)42-31-30-37(3,4)5)34(38)28-26-24-22-20-15-13-11-9-7-2/h15,18-20,26,28,33-34,38H,6-14,16-17,21-25,27,29-32H2,1-5H3,(H-,36,39,40,41)/b19-18-,20-15+,28-26+. The lowest BCUT2D eigenvalue weighted by Crippen LogP contribution is -2.45. The number of rotatable bonds is 30. The molecule has 0 aliphatic heterocycles. The first kappa shape index (κ1) is 42.7. The molecule has 9 heteroatoms. The number of aliphatic hydroxyl groups excluding tert-OH is 1. The quantitative estimate of drug-likeness (QED) is 0.0359. The van der Waals surface area contributed by atoms with Crippen molar-refractivity contribution in [3.8, 4) is 0 Å². The van der Waals surface area contributed by atoms with Gasteiger partial charge < -0.3 is 28.8 Å². The van der Waals surface area contributed by atoms with Crippen LogP contribution in [-0.4, -0.2) is 68.5 Å². The van der Waals surface area contributed by atoms with Crippen LogP contribution in [0.15, 0.2) is 36.5 Å². The number of phosphoric ester groups is 1. The van der Waals surface area contributed by atoms with E-state index in [1.54, 1.807) is 6.08 Å². The van der Waals surface area contributed by atoms with E-state index in [4.69, 9.17) is 9.05 Å². The Labute approximate surface area is 270 Å². The minimum absolute atomic E-state index is 0.00996. The molecule has 0 bridgehead atoms. The molecular formula is C35H67N2O6P. The zero-order chi connectivity index (χ0) is 32.9. The van der Waals surface area contributed by atoms with Crippen molar-refractivity contribution in [3.05, 3.63) is 36.5 Å². The molecule has 0 heterocycles. The number of allylic oxidation sites excluding steroid dienone is 5. The van der Waals surface area contributed by atoms with E-state index in [2.05, 4.69) is 43.5 Å². The fourth-order valence-electron chi connectivity index (χ4n) is 4.45. The molecule has 3 unspecified atom stereocenters. The predicted molar refractivity (Wildman–Crippen MR) is 182 cm³/mol. The molecule has 0 rings (SSSR count). The van der Waals surface area contributed by atoms with Gasteiger partial charge >= 0.3 is 0 Å². The Hall–Kier alpha value is -1.28. The second-order valence-electron chi connectivity index (χ2n) is 12.9. The summed E-state index contributed by atoms with van der Waals surface area (Å²) in [6, 6.07) is -0.905. The molecule has 0 aliphatic rings. The van der Waals surface area contributed by atoms with E-state index < -0.39 is 26.6 Å². The van der Waals surface area contributed by atoms with Gasteiger partial charge in [-0.3, -0.25) is 9.36 Å². The Kier molecular flexibility index (Phi) is 27.2. The van der Waals surface area contributed by atoms with Gasteiger partial charge in [0.25, 0.3) is 7.82 Å². The summed E-state index contributed by atoms with van der Waals surface area (Å²) < 4.78 is 22.9. The van der Waals surface area contributed by atoms with Crippen molar-refractivity contribution in [1.29, 1.82) is 0 Å². The third-order valence-corrected chi connectivity index (χ3v) is 8.29. The Morgan fingerprint density at radius 3 is 1.89 bits per heavy atom. The monoisotopic (exact) mass is 642 g/mol. The van der Waals surface area contributed by atoms with E-state index in [0.29, 0.717) is 17.4 Å². The zero-order valence-corrected chi connectivity index (χ0v) is 29.7. The molecule has 0 aromatic rings. The number of amides is 1. The van der Waals surface area contributed by atoms with Crippen LogP contribution in [0.2, 0.25) is 0 Å². The summed E-state index contributed by atoms with van der Waals surface area (Å²) in [6.45, 7) is 4.51. The second kappa shape index (κ2) is 28.0. The van der Waals surface area contributed by atoms with Gasteiger partial charge in [-0.2, -0.15) is 0 Å². The normalized spacial score (nSPS) is 15.3. The van der Waals surface area contributed by atoms with E-state index in [1.807, 2.05) is 27.2 Å². The van der Waals surface area contributed by atoms with Crippen molar-refractivity contribution < 1.29 is 32.9 Å². The van der Waals surface area contributed by atoms with Gasteiger partial charge in [-0.25, -0.2) is 0 Å². The highest BCUT2D eigenvalue weighted by molar-refractivity contribution is 7.45. The van der Waals surface area contributed by atoms with Crippen molar-refractivity contribution in [2.75, 3.05) is 40.9 Å². The Morgan fingerprint density at radius 2 is 1.27 bits per heavy atom. The van der Waals surface area contributed by atoms with Crippen LogP contribution in [0.1, 0.15) is 129 Å². The van der Waals surface area contributed by atoms with Gasteiger partial charge in [0.2, 0.25) is 5.91 Å². The average Bonchev–Trinajstić information content (AvgIpc) is 2.95. The van der Waals surface area contributed by atoms with Gasteiger partial charge in [0.05, 0.1) is 39.9 Å². The number of nitrogens with zero attached hydrogens (tertiary/aromatic N) is 1. The molecule has 44 heavy (non-hydrogen) atoms. The molecule has 0 saturated carbocycles. The van der Waals surface area contributed by atoms with Crippen LogP contribution >= 0.6 is 7.82 Å². The molecule has 0 fully saturated rings. The molecule has 0 saturated heterocycles. The number of phosphoric acid groups is 1. The van der Waals surface area contributed by atoms with Crippen LogP contribution in [0.25, 0.3) is 0 Å². The van der Waals surface area contributed by atoms with E-state index in [9.17, 15) is 19.4 Å². The van der Waals surface area contributed by atoms with Crippen molar-refractivity contribution in [3.63, 3.8) is 0 Å². The van der Waals surface area contributed by atoms with Gasteiger partial charge in [0.15, 0.2) is 0 Å². The predicted octanol–water partition coefficient (Wildman–Crippen LogP) is 7.77. The SMILES string of the molecule is CCCCC/C=C/CC/C=C/C(O)C(COP(=O)([O-])OCC[N+](C)(C)C)NC(=O)CCCCC/C=C\CCCCCCCC. The number of quaternary nitrogens is 1. The van der Waals surface area contributed by atoms with Crippen LogP contribution in [0.3, 0.4) is 0 Å². The van der Waals surface area contributed by atoms with Crippen molar-refractivity contribution in [2.45, 2.75) is 142 Å². The lowest BCUT2D eigenvalue weighted by molar-refractivity contribution is -0.870. The Morgan fingerprint density at radius 1 is 0.773 bits per heavy atom. The van der Waals surface area contributed by atoms with Crippen LogP contribution in [0.5, 0.6) is 0 Å². The molecule has 0 spiro atoms. The molecule has 0 aliphatic carbocycles. The number of hydrogen-bond donors (Lipinski definition) is 2. The smallest absolute Gasteiger partial charge is 0.268 e. The molecule has 0 aromatic carbocycles. The maximum atomic E-state index is 12.7. The van der Waals surface area contributed by atoms with Gasteiger partial charge in [0, 0.05) is 6.42 Å². The van der Waals surface area contributed by atoms with Crippen LogP contribution in [-0.2, 0) is 18.4 Å². The zero-order valence-electron chi connectivity index (χ0n) is 28.9. The summed E-state index contributed by atoms with van der Waals surface area (Å²) >= 11 is 0. The lowest BCUT2D eigenvalue weighted by Gasteiger charge is -2.29. The van der Waals surface area contributed by atoms with Crippen molar-refractivity contribution >= 4 is 13.7 Å². The molecule has 2 N–H and O–H groups in total. The van der Waals surface area contributed by atoms with Crippen LogP contribution < -0.4 is 10.2 Å². The summed E-state index contributed by atoms with van der Waals surface area (Å²) in [5.41, 5.74) is 0. The molecule has 258 valence electrons. The minimum Gasteiger partial charge on any atom is -0.756 e. The summed E-state index contributed by atoms with van der Waals surface area (Å²) in [7, 11) is 1.22. The van der Waals surface area contributed by atoms with E-state index >= 15 is 0 Å². The van der Waals surface area contributed by atoms with Gasteiger partial charge in [-0.15, -0.1) is 0 Å². The number of hydrogen-bond acceptors (Lipinski definition) is 6. The Balaban J connectivity index is 4.65. The number of unbranched alkanes of at least 4 members (excludes halogenated alkanes) is 13. The van der Waals surface area contributed by atoms with E-state index in [-0.39, 0.29) is 12.5 Å². The molecule has 1 amide bonds. The van der Waals surface area contributed by atoms with Crippen molar-refractivity contribution in [2.24, 2.45) is 0 Å². The highest BCUT2D eigenvalue weighted by Crippen LogP contribution is 2.38. The molecule has 0 radical (unpaired) electrons. The second-order valence-corrected chi connectivity index (χ2v) is 14.3. The Bertz CT molecular complexity index is 825. The van der Waals surface area contributed by atoms with Gasteiger partial charge in [-0.05, 0) is 57.8 Å². The number of likely N-dealkylation sites (N-methyl/N-ethyl adjacent to an activating group) is 1. The number of nitrogens with one attached hydrogen (secondary N) is 1. The van der Waals surface area contributed by atoms with Crippen LogP contribution in [0.4, 0.5) is 0 Å². The third-order valence-electron chi connectivity index (χ3n) is 7.32. The highest BCUT2D eigenvalue weighted by atomic mass is 31.2. The summed E-state index contributed by atoms with van der Waals surface area (Å²) in [5, 5.41) is 13.6. The van der Waals surface area contributed by atoms with Crippen LogP contribution in [0, 0.1) is 0 Å². The first-order valence-electron chi connectivity index (χ1n) is 17.4. The molecular weight excluding hydrogens is 575 g/mol. The fraction of sp³-hybridized carbons (Fsp3) is 0.800. The molecule has 3 atom stereocenters. The maximum absolute atomic E-state index is 12.7. The number of aliphatic hydroxyl groups is 1. The first-order chi connectivity index (χ1) is 21.0. The van der Waals surface area contributed by atoms with E-state index in [1.165, 1.54) is 57.8 Å².